The fourth-order valence-electron chi connectivity index (χ4n) is 3.03. The molecule has 0 atom stereocenters. The van der Waals surface area contributed by atoms with Crippen molar-refractivity contribution in [3.8, 4) is 11.3 Å². The molecular weight excluding hydrogens is 304 g/mol. The molecule has 0 radical (unpaired) electrons. The molecule has 0 unspecified atom stereocenters. The van der Waals surface area contributed by atoms with Gasteiger partial charge in [0.25, 0.3) is 5.56 Å². The molecule has 0 spiro atoms. The first-order valence-electron chi connectivity index (χ1n) is 8.25. The van der Waals surface area contributed by atoms with Crippen molar-refractivity contribution in [2.75, 3.05) is 32.8 Å². The molecule has 0 bridgehead atoms. The highest BCUT2D eigenvalue weighted by Crippen LogP contribution is 2.17. The maximum Gasteiger partial charge on any atom is 0.276 e. The van der Waals surface area contributed by atoms with Gasteiger partial charge in [0.05, 0.1) is 18.9 Å². The summed E-state index contributed by atoms with van der Waals surface area (Å²) in [6.45, 7) is 4.96. The van der Waals surface area contributed by atoms with E-state index in [1.165, 1.54) is 0 Å². The summed E-state index contributed by atoms with van der Waals surface area (Å²) < 4.78 is 8.78. The van der Waals surface area contributed by atoms with Gasteiger partial charge in [0.15, 0.2) is 0 Å². The lowest BCUT2D eigenvalue weighted by atomic mass is 10.1. The lowest BCUT2D eigenvalue weighted by molar-refractivity contribution is 0.0363. The van der Waals surface area contributed by atoms with Crippen LogP contribution < -0.4 is 5.56 Å². The molecule has 1 aromatic carbocycles. The Balaban J connectivity index is 1.59. The van der Waals surface area contributed by atoms with E-state index in [0.717, 1.165) is 44.1 Å². The largest absolute Gasteiger partial charge is 0.379 e. The number of hydrogen-bond acceptors (Lipinski definition) is 4. The number of rotatable bonds is 4. The average Bonchev–Trinajstić information content (AvgIpc) is 3.08. The van der Waals surface area contributed by atoms with E-state index < -0.39 is 0 Å². The van der Waals surface area contributed by atoms with E-state index in [9.17, 15) is 4.79 Å². The molecule has 1 saturated heterocycles. The summed E-state index contributed by atoms with van der Waals surface area (Å²) in [5.74, 6) is 0. The van der Waals surface area contributed by atoms with Gasteiger partial charge in [0.1, 0.15) is 5.52 Å². The number of morpholine rings is 1. The highest BCUT2D eigenvalue weighted by molar-refractivity contribution is 5.65. The normalized spacial score (nSPS) is 15.8. The molecule has 0 N–H and O–H groups in total. The van der Waals surface area contributed by atoms with Gasteiger partial charge in [-0.1, -0.05) is 30.3 Å². The van der Waals surface area contributed by atoms with Crippen LogP contribution in [0.1, 0.15) is 0 Å². The number of aromatic nitrogens is 3. The van der Waals surface area contributed by atoms with Crippen LogP contribution in [0.3, 0.4) is 0 Å². The molecule has 0 saturated carbocycles. The van der Waals surface area contributed by atoms with Crippen LogP contribution in [0.2, 0.25) is 0 Å². The molecule has 6 nitrogen and oxygen atoms in total. The Bertz CT molecular complexity index is 879. The first-order valence-corrected chi connectivity index (χ1v) is 8.25. The summed E-state index contributed by atoms with van der Waals surface area (Å²) in [5, 5.41) is 4.51. The van der Waals surface area contributed by atoms with Crippen LogP contribution in [-0.4, -0.2) is 51.9 Å². The van der Waals surface area contributed by atoms with Gasteiger partial charge in [0.2, 0.25) is 0 Å². The molecule has 24 heavy (non-hydrogen) atoms. The third-order valence-electron chi connectivity index (χ3n) is 4.43. The number of nitrogens with zero attached hydrogens (tertiary/aromatic N) is 4. The van der Waals surface area contributed by atoms with Gasteiger partial charge in [-0.15, -0.1) is 0 Å². The standard InChI is InChI=1S/C18H20N4O2/c23-18-17-14-16(15-4-2-1-3-5-15)19-22(17)9-8-21(18)7-6-20-10-12-24-13-11-20/h1-5,8-9,14H,6-7,10-13H2. The van der Waals surface area contributed by atoms with Gasteiger partial charge in [-0.05, 0) is 6.07 Å². The zero-order valence-corrected chi connectivity index (χ0v) is 13.5. The molecule has 1 fully saturated rings. The zero-order chi connectivity index (χ0) is 16.4. The second-order valence-corrected chi connectivity index (χ2v) is 5.98. The van der Waals surface area contributed by atoms with Gasteiger partial charge in [-0.3, -0.25) is 9.69 Å². The second kappa shape index (κ2) is 6.59. The molecule has 0 amide bonds. The third kappa shape index (κ3) is 2.98. The molecule has 2 aromatic heterocycles. The molecule has 0 aliphatic carbocycles. The molecule has 4 rings (SSSR count). The fraction of sp³-hybridized carbons (Fsp3) is 0.333. The fourth-order valence-corrected chi connectivity index (χ4v) is 3.03. The Morgan fingerprint density at radius 2 is 1.83 bits per heavy atom. The predicted octanol–water partition coefficient (Wildman–Crippen LogP) is 1.50. The Hall–Kier alpha value is -2.44. The minimum Gasteiger partial charge on any atom is -0.379 e. The van der Waals surface area contributed by atoms with Crippen molar-refractivity contribution < 1.29 is 4.74 Å². The van der Waals surface area contributed by atoms with Crippen LogP contribution in [0.5, 0.6) is 0 Å². The van der Waals surface area contributed by atoms with Gasteiger partial charge in [0, 0.05) is 44.1 Å². The maximum atomic E-state index is 12.7. The number of fused-ring (bicyclic) bond motifs is 1. The van der Waals surface area contributed by atoms with Gasteiger partial charge < -0.3 is 9.30 Å². The Labute approximate surface area is 139 Å². The highest BCUT2D eigenvalue weighted by atomic mass is 16.5. The van der Waals surface area contributed by atoms with E-state index in [4.69, 9.17) is 4.74 Å². The van der Waals surface area contributed by atoms with E-state index in [2.05, 4.69) is 10.00 Å². The van der Waals surface area contributed by atoms with E-state index in [1.54, 1.807) is 9.08 Å². The quantitative estimate of drug-likeness (QED) is 0.730. The predicted molar refractivity (Wildman–Crippen MR) is 92.1 cm³/mol. The Morgan fingerprint density at radius 1 is 1.04 bits per heavy atom. The Morgan fingerprint density at radius 3 is 2.62 bits per heavy atom. The Kier molecular flexibility index (Phi) is 4.15. The van der Waals surface area contributed by atoms with Crippen LogP contribution >= 0.6 is 0 Å². The summed E-state index contributed by atoms with van der Waals surface area (Å²) in [4.78, 5) is 15.0. The first kappa shape index (κ1) is 15.1. The number of benzene rings is 1. The topological polar surface area (TPSA) is 51.8 Å². The molecule has 3 heterocycles. The van der Waals surface area contributed by atoms with Crippen molar-refractivity contribution in [2.45, 2.75) is 6.54 Å². The minimum atomic E-state index is 0.000408. The van der Waals surface area contributed by atoms with Crippen molar-refractivity contribution in [2.24, 2.45) is 0 Å². The summed E-state index contributed by atoms with van der Waals surface area (Å²) in [6, 6.07) is 11.8. The maximum absolute atomic E-state index is 12.7. The first-order chi connectivity index (χ1) is 11.8. The molecule has 124 valence electrons. The molecule has 1 aliphatic rings. The second-order valence-electron chi connectivity index (χ2n) is 5.98. The number of ether oxygens (including phenoxy) is 1. The van der Waals surface area contributed by atoms with Gasteiger partial charge >= 0.3 is 0 Å². The van der Waals surface area contributed by atoms with E-state index >= 15 is 0 Å². The summed E-state index contributed by atoms with van der Waals surface area (Å²) in [6.07, 6.45) is 3.67. The zero-order valence-electron chi connectivity index (χ0n) is 13.5. The highest BCUT2D eigenvalue weighted by Gasteiger charge is 2.12. The van der Waals surface area contributed by atoms with Crippen LogP contribution in [0.25, 0.3) is 16.8 Å². The summed E-state index contributed by atoms with van der Waals surface area (Å²) in [7, 11) is 0. The smallest absolute Gasteiger partial charge is 0.276 e. The van der Waals surface area contributed by atoms with E-state index in [1.807, 2.05) is 48.8 Å². The summed E-state index contributed by atoms with van der Waals surface area (Å²) in [5.41, 5.74) is 2.44. The van der Waals surface area contributed by atoms with Crippen LogP contribution in [0.15, 0.2) is 53.6 Å². The third-order valence-corrected chi connectivity index (χ3v) is 4.43. The monoisotopic (exact) mass is 324 g/mol. The van der Waals surface area contributed by atoms with Crippen molar-refractivity contribution in [3.05, 3.63) is 59.1 Å². The lowest BCUT2D eigenvalue weighted by Gasteiger charge is -2.26. The minimum absolute atomic E-state index is 0.000408. The van der Waals surface area contributed by atoms with Crippen LogP contribution in [0.4, 0.5) is 0 Å². The van der Waals surface area contributed by atoms with Crippen molar-refractivity contribution >= 4 is 5.52 Å². The van der Waals surface area contributed by atoms with Crippen molar-refractivity contribution in [1.29, 1.82) is 0 Å². The van der Waals surface area contributed by atoms with Crippen molar-refractivity contribution in [3.63, 3.8) is 0 Å². The molecule has 3 aromatic rings. The lowest BCUT2D eigenvalue weighted by Crippen LogP contribution is -2.39. The number of hydrogen-bond donors (Lipinski definition) is 0. The van der Waals surface area contributed by atoms with E-state index in [0.29, 0.717) is 12.1 Å². The average molecular weight is 324 g/mol. The summed E-state index contributed by atoms with van der Waals surface area (Å²) >= 11 is 0. The van der Waals surface area contributed by atoms with Crippen LogP contribution in [-0.2, 0) is 11.3 Å². The van der Waals surface area contributed by atoms with E-state index in [-0.39, 0.29) is 5.56 Å². The van der Waals surface area contributed by atoms with Crippen molar-refractivity contribution in [1.82, 2.24) is 19.1 Å². The van der Waals surface area contributed by atoms with Gasteiger partial charge in [-0.25, -0.2) is 4.52 Å². The SMILES string of the molecule is O=c1c2cc(-c3ccccc3)nn2ccn1CCN1CCOCC1. The van der Waals surface area contributed by atoms with Crippen LogP contribution in [0, 0.1) is 0 Å². The molecular formula is C18H20N4O2. The van der Waals surface area contributed by atoms with Gasteiger partial charge in [-0.2, -0.15) is 5.10 Å². The molecule has 6 heteroatoms. The molecule has 1 aliphatic heterocycles.